The Labute approximate surface area is 123 Å². The molecular weight excluding hydrogens is 264 g/mol. The van der Waals surface area contributed by atoms with Gasteiger partial charge in [-0.3, -0.25) is 0 Å². The smallest absolute Gasteiger partial charge is 0.336 e. The molecule has 4 heteroatoms. The summed E-state index contributed by atoms with van der Waals surface area (Å²) in [5.74, 6) is 0.655. The quantitative estimate of drug-likeness (QED) is 0.880. The first-order valence-corrected chi connectivity index (χ1v) is 7.55. The van der Waals surface area contributed by atoms with Crippen LogP contribution in [0.25, 0.3) is 10.9 Å². The SMILES string of the molecule is O=C(O)c1cc(NCC2(C3CC3)CC2)nc2ccccc12. The van der Waals surface area contributed by atoms with Crippen LogP contribution in [-0.2, 0) is 0 Å². The van der Waals surface area contributed by atoms with Crippen molar-refractivity contribution in [1.29, 1.82) is 0 Å². The number of pyridine rings is 1. The molecule has 2 aromatic rings. The minimum Gasteiger partial charge on any atom is -0.478 e. The molecule has 4 rings (SSSR count). The lowest BCUT2D eigenvalue weighted by atomic mass is 10.0. The minimum absolute atomic E-state index is 0.319. The molecule has 0 aliphatic heterocycles. The highest BCUT2D eigenvalue weighted by Gasteiger charge is 2.53. The van der Waals surface area contributed by atoms with Crippen molar-refractivity contribution in [3.8, 4) is 0 Å². The summed E-state index contributed by atoms with van der Waals surface area (Å²) in [7, 11) is 0. The number of hydrogen-bond donors (Lipinski definition) is 2. The van der Waals surface area contributed by atoms with Gasteiger partial charge in [-0.2, -0.15) is 0 Å². The molecule has 2 saturated carbocycles. The van der Waals surface area contributed by atoms with Gasteiger partial charge in [0.25, 0.3) is 0 Å². The van der Waals surface area contributed by atoms with Gasteiger partial charge in [0.05, 0.1) is 11.1 Å². The Hall–Kier alpha value is -2.10. The Morgan fingerprint density at radius 1 is 1.33 bits per heavy atom. The lowest BCUT2D eigenvalue weighted by Gasteiger charge is -2.16. The number of benzene rings is 1. The van der Waals surface area contributed by atoms with E-state index in [0.717, 1.165) is 18.0 Å². The molecule has 1 aromatic heterocycles. The number of carboxylic acids is 1. The van der Waals surface area contributed by atoms with E-state index in [4.69, 9.17) is 0 Å². The highest BCUT2D eigenvalue weighted by molar-refractivity contribution is 6.03. The lowest BCUT2D eigenvalue weighted by Crippen LogP contribution is -2.18. The summed E-state index contributed by atoms with van der Waals surface area (Å²) in [6.45, 7) is 0.919. The average molecular weight is 282 g/mol. The summed E-state index contributed by atoms with van der Waals surface area (Å²) < 4.78 is 0. The van der Waals surface area contributed by atoms with Gasteiger partial charge in [-0.05, 0) is 49.1 Å². The van der Waals surface area contributed by atoms with Crippen molar-refractivity contribution in [1.82, 2.24) is 4.98 Å². The third-order valence-electron chi connectivity index (χ3n) is 4.90. The minimum atomic E-state index is -0.903. The Morgan fingerprint density at radius 2 is 2.10 bits per heavy atom. The first-order valence-electron chi connectivity index (χ1n) is 7.55. The standard InChI is InChI=1S/C17H18N2O2/c20-16(21)13-9-15(19-14-4-2-1-3-12(13)14)18-10-17(7-8-17)11-5-6-11/h1-4,9,11H,5-8,10H2,(H,18,19)(H,20,21). The molecule has 1 heterocycles. The first kappa shape index (κ1) is 12.6. The summed E-state index contributed by atoms with van der Waals surface area (Å²) in [6.07, 6.45) is 5.30. The Morgan fingerprint density at radius 3 is 2.76 bits per heavy atom. The number of carbonyl (C=O) groups is 1. The number of aromatic carboxylic acids is 1. The summed E-state index contributed by atoms with van der Waals surface area (Å²) in [4.78, 5) is 16.0. The van der Waals surface area contributed by atoms with Crippen LogP contribution in [0.5, 0.6) is 0 Å². The van der Waals surface area contributed by atoms with Gasteiger partial charge in [0.1, 0.15) is 5.82 Å². The van der Waals surface area contributed by atoms with E-state index in [1.54, 1.807) is 6.07 Å². The predicted octanol–water partition coefficient (Wildman–Crippen LogP) is 3.54. The molecular formula is C17H18N2O2. The van der Waals surface area contributed by atoms with Gasteiger partial charge in [0, 0.05) is 11.9 Å². The number of aromatic nitrogens is 1. The van der Waals surface area contributed by atoms with Crippen LogP contribution in [0.2, 0.25) is 0 Å². The van der Waals surface area contributed by atoms with Crippen LogP contribution >= 0.6 is 0 Å². The molecule has 0 bridgehead atoms. The second-order valence-electron chi connectivity index (χ2n) is 6.37. The molecule has 0 amide bonds. The molecule has 0 spiro atoms. The third-order valence-corrected chi connectivity index (χ3v) is 4.90. The van der Waals surface area contributed by atoms with Gasteiger partial charge >= 0.3 is 5.97 Å². The monoisotopic (exact) mass is 282 g/mol. The fraction of sp³-hybridized carbons (Fsp3) is 0.412. The predicted molar refractivity (Wildman–Crippen MR) is 81.6 cm³/mol. The molecule has 0 unspecified atom stereocenters. The molecule has 2 aliphatic carbocycles. The number of para-hydroxylation sites is 1. The summed E-state index contributed by atoms with van der Waals surface area (Å²) in [5, 5.41) is 13.5. The molecule has 0 saturated heterocycles. The van der Waals surface area contributed by atoms with Gasteiger partial charge in [-0.15, -0.1) is 0 Å². The molecule has 0 radical (unpaired) electrons. The van der Waals surface area contributed by atoms with E-state index in [1.165, 1.54) is 25.7 Å². The molecule has 2 aliphatic rings. The molecule has 0 atom stereocenters. The molecule has 2 fully saturated rings. The molecule has 2 N–H and O–H groups in total. The zero-order valence-electron chi connectivity index (χ0n) is 11.8. The van der Waals surface area contributed by atoms with Crippen LogP contribution in [0.15, 0.2) is 30.3 Å². The van der Waals surface area contributed by atoms with Crippen LogP contribution in [0, 0.1) is 11.3 Å². The number of nitrogens with zero attached hydrogens (tertiary/aromatic N) is 1. The van der Waals surface area contributed by atoms with Gasteiger partial charge < -0.3 is 10.4 Å². The fourth-order valence-electron chi connectivity index (χ4n) is 3.30. The number of anilines is 1. The Balaban J connectivity index is 1.64. The van der Waals surface area contributed by atoms with Crippen LogP contribution in [0.1, 0.15) is 36.0 Å². The van der Waals surface area contributed by atoms with Gasteiger partial charge in [-0.25, -0.2) is 9.78 Å². The summed E-state index contributed by atoms with van der Waals surface area (Å²) in [5.41, 5.74) is 1.52. The van der Waals surface area contributed by atoms with E-state index in [1.807, 2.05) is 24.3 Å². The molecule has 1 aromatic carbocycles. The number of fused-ring (bicyclic) bond motifs is 1. The largest absolute Gasteiger partial charge is 0.478 e. The van der Waals surface area contributed by atoms with E-state index >= 15 is 0 Å². The van der Waals surface area contributed by atoms with Crippen molar-refractivity contribution < 1.29 is 9.90 Å². The zero-order chi connectivity index (χ0) is 14.4. The van der Waals surface area contributed by atoms with Crippen molar-refractivity contribution in [2.75, 3.05) is 11.9 Å². The van der Waals surface area contributed by atoms with Crippen molar-refractivity contribution in [3.05, 3.63) is 35.9 Å². The van der Waals surface area contributed by atoms with E-state index in [0.29, 0.717) is 22.2 Å². The van der Waals surface area contributed by atoms with E-state index < -0.39 is 5.97 Å². The lowest BCUT2D eigenvalue weighted by molar-refractivity contribution is 0.0699. The average Bonchev–Trinajstić information content (AvgIpc) is 3.37. The second-order valence-corrected chi connectivity index (χ2v) is 6.37. The maximum atomic E-state index is 11.4. The van der Waals surface area contributed by atoms with Crippen molar-refractivity contribution in [2.45, 2.75) is 25.7 Å². The Bertz CT molecular complexity index is 718. The van der Waals surface area contributed by atoms with Gasteiger partial charge in [0.15, 0.2) is 0 Å². The highest BCUT2D eigenvalue weighted by atomic mass is 16.4. The van der Waals surface area contributed by atoms with E-state index in [9.17, 15) is 9.90 Å². The van der Waals surface area contributed by atoms with Crippen LogP contribution in [-0.4, -0.2) is 22.6 Å². The van der Waals surface area contributed by atoms with Gasteiger partial charge in [-0.1, -0.05) is 18.2 Å². The van der Waals surface area contributed by atoms with E-state index in [2.05, 4.69) is 10.3 Å². The van der Waals surface area contributed by atoms with Crippen molar-refractivity contribution in [3.63, 3.8) is 0 Å². The second kappa shape index (κ2) is 4.45. The summed E-state index contributed by atoms with van der Waals surface area (Å²) in [6, 6.07) is 9.06. The number of hydrogen-bond acceptors (Lipinski definition) is 3. The van der Waals surface area contributed by atoms with Crippen LogP contribution < -0.4 is 5.32 Å². The Kier molecular flexibility index (Phi) is 2.67. The maximum absolute atomic E-state index is 11.4. The van der Waals surface area contributed by atoms with E-state index in [-0.39, 0.29) is 0 Å². The first-order chi connectivity index (χ1) is 10.2. The van der Waals surface area contributed by atoms with Crippen LogP contribution in [0.4, 0.5) is 5.82 Å². The number of carboxylic acid groups (broad SMARTS) is 1. The van der Waals surface area contributed by atoms with Gasteiger partial charge in [0.2, 0.25) is 0 Å². The summed E-state index contributed by atoms with van der Waals surface area (Å²) >= 11 is 0. The molecule has 108 valence electrons. The normalized spacial score (nSPS) is 19.4. The zero-order valence-corrected chi connectivity index (χ0v) is 11.8. The van der Waals surface area contributed by atoms with Crippen molar-refractivity contribution in [2.24, 2.45) is 11.3 Å². The molecule has 4 nitrogen and oxygen atoms in total. The fourth-order valence-corrected chi connectivity index (χ4v) is 3.30. The topological polar surface area (TPSA) is 62.2 Å². The van der Waals surface area contributed by atoms with Crippen molar-refractivity contribution >= 4 is 22.7 Å². The number of rotatable bonds is 5. The molecule has 21 heavy (non-hydrogen) atoms. The third kappa shape index (κ3) is 2.24. The van der Waals surface area contributed by atoms with Crippen LogP contribution in [0.3, 0.4) is 0 Å². The maximum Gasteiger partial charge on any atom is 0.336 e. The highest BCUT2D eigenvalue weighted by Crippen LogP contribution is 2.61. The number of nitrogens with one attached hydrogen (secondary N) is 1.